The molecule has 28 heavy (non-hydrogen) atoms. The quantitative estimate of drug-likeness (QED) is 0.416. The van der Waals surface area contributed by atoms with E-state index in [0.29, 0.717) is 12.8 Å². The van der Waals surface area contributed by atoms with Gasteiger partial charge in [-0.15, -0.1) is 0 Å². The molecule has 148 valence electrons. The molecule has 5 heteroatoms. The summed E-state index contributed by atoms with van der Waals surface area (Å²) in [5.41, 5.74) is 0.426. The van der Waals surface area contributed by atoms with Crippen LogP contribution in [0.25, 0.3) is 0 Å². The molecule has 0 fully saturated rings. The highest BCUT2D eigenvalue weighted by Gasteiger charge is 2.33. The lowest BCUT2D eigenvalue weighted by molar-refractivity contribution is -0.125. The normalized spacial score (nSPS) is 18.7. The van der Waals surface area contributed by atoms with Gasteiger partial charge in [0.05, 0.1) is 6.04 Å². The second-order valence-corrected chi connectivity index (χ2v) is 7.99. The van der Waals surface area contributed by atoms with Crippen molar-refractivity contribution in [3.63, 3.8) is 0 Å². The van der Waals surface area contributed by atoms with Crippen molar-refractivity contribution in [3.05, 3.63) is 72.3 Å². The minimum atomic E-state index is -0.715. The van der Waals surface area contributed by atoms with Crippen molar-refractivity contribution in [1.29, 1.82) is 0 Å². The van der Waals surface area contributed by atoms with Crippen molar-refractivity contribution in [3.8, 4) is 11.5 Å². The molecule has 0 heterocycles. The molecule has 5 nitrogen and oxygen atoms in total. The zero-order valence-electron chi connectivity index (χ0n) is 16.5. The van der Waals surface area contributed by atoms with Crippen LogP contribution in [0, 0.1) is 5.92 Å². The van der Waals surface area contributed by atoms with Gasteiger partial charge in [-0.25, -0.2) is 4.79 Å². The van der Waals surface area contributed by atoms with Crippen molar-refractivity contribution in [2.24, 2.45) is 5.92 Å². The topological polar surface area (TPSA) is 59.0 Å². The van der Waals surface area contributed by atoms with Crippen molar-refractivity contribution in [1.82, 2.24) is 5.06 Å². The van der Waals surface area contributed by atoms with Gasteiger partial charge in [-0.1, -0.05) is 42.5 Å². The molecular weight excluding hydrogens is 354 g/mol. The Kier molecular flexibility index (Phi) is 6.05. The standard InChI is InChI=1S/C23H27NO4/c1-23(2,3)28-22(25)24(26)21-14-8-10-18(21)15-17-9-7-13-20(16-17)27-19-11-5-4-6-12-19/h4-13,16,18,21,26H,14-15H2,1-3H3/t18-,21+/m0/s1. The molecule has 0 saturated carbocycles. The zero-order valence-corrected chi connectivity index (χ0v) is 16.5. The van der Waals surface area contributed by atoms with Crippen LogP contribution in [0.1, 0.15) is 32.8 Å². The summed E-state index contributed by atoms with van der Waals surface area (Å²) in [4.78, 5) is 12.2. The Hall–Kier alpha value is -2.79. The lowest BCUT2D eigenvalue weighted by Gasteiger charge is -2.30. The van der Waals surface area contributed by atoms with Crippen LogP contribution < -0.4 is 4.74 Å². The maximum Gasteiger partial charge on any atom is 0.434 e. The van der Waals surface area contributed by atoms with E-state index in [2.05, 4.69) is 0 Å². The highest BCUT2D eigenvalue weighted by atomic mass is 16.6. The lowest BCUT2D eigenvalue weighted by atomic mass is 9.94. The summed E-state index contributed by atoms with van der Waals surface area (Å²) in [6, 6.07) is 17.2. The predicted molar refractivity (Wildman–Crippen MR) is 108 cm³/mol. The van der Waals surface area contributed by atoms with Gasteiger partial charge in [-0.2, -0.15) is 5.06 Å². The first kappa shape index (κ1) is 20.0. The van der Waals surface area contributed by atoms with Crippen LogP contribution in [-0.2, 0) is 11.2 Å². The van der Waals surface area contributed by atoms with Gasteiger partial charge in [0.1, 0.15) is 17.1 Å². The third-order valence-electron chi connectivity index (χ3n) is 4.50. The van der Waals surface area contributed by atoms with Gasteiger partial charge in [0.15, 0.2) is 0 Å². The molecule has 3 rings (SSSR count). The molecule has 0 aliphatic heterocycles. The fourth-order valence-corrected chi connectivity index (χ4v) is 3.26. The van der Waals surface area contributed by atoms with Crippen molar-refractivity contribution >= 4 is 6.09 Å². The molecule has 1 N–H and O–H groups in total. The van der Waals surface area contributed by atoms with Gasteiger partial charge >= 0.3 is 6.09 Å². The number of carbonyl (C=O) groups is 1. The fraction of sp³-hybridized carbons (Fsp3) is 0.348. The van der Waals surface area contributed by atoms with Crippen LogP contribution >= 0.6 is 0 Å². The van der Waals surface area contributed by atoms with Crippen LogP contribution in [0.3, 0.4) is 0 Å². The number of rotatable bonds is 5. The van der Waals surface area contributed by atoms with Crippen LogP contribution in [-0.4, -0.2) is 28.0 Å². The second kappa shape index (κ2) is 8.48. The maximum absolute atomic E-state index is 12.2. The Balaban J connectivity index is 1.66. The molecule has 2 aromatic rings. The number of para-hydroxylation sites is 1. The summed E-state index contributed by atoms with van der Waals surface area (Å²) in [5, 5.41) is 11.1. The number of amides is 1. The summed E-state index contributed by atoms with van der Waals surface area (Å²) >= 11 is 0. The van der Waals surface area contributed by atoms with Gasteiger partial charge in [-0.05, 0) is 63.4 Å². The number of nitrogens with zero attached hydrogens (tertiary/aromatic N) is 1. The van der Waals surface area contributed by atoms with Gasteiger partial charge in [0.2, 0.25) is 0 Å². The Morgan fingerprint density at radius 1 is 1.11 bits per heavy atom. The van der Waals surface area contributed by atoms with Crippen molar-refractivity contribution in [2.45, 2.75) is 45.3 Å². The van der Waals surface area contributed by atoms with Gasteiger partial charge in [0, 0.05) is 5.92 Å². The molecule has 2 aromatic carbocycles. The molecule has 0 saturated heterocycles. The van der Waals surface area contributed by atoms with Gasteiger partial charge in [-0.3, -0.25) is 5.21 Å². The molecule has 2 atom stereocenters. The van der Waals surface area contributed by atoms with Crippen LogP contribution in [0.5, 0.6) is 11.5 Å². The maximum atomic E-state index is 12.2. The third-order valence-corrected chi connectivity index (χ3v) is 4.50. The smallest absolute Gasteiger partial charge is 0.434 e. The van der Waals surface area contributed by atoms with E-state index in [0.717, 1.165) is 22.1 Å². The minimum Gasteiger partial charge on any atom is -0.457 e. The first-order chi connectivity index (χ1) is 13.3. The summed E-state index contributed by atoms with van der Waals surface area (Å²) in [6.07, 6.45) is 4.61. The number of carbonyl (C=O) groups excluding carboxylic acids is 1. The van der Waals surface area contributed by atoms with Crippen molar-refractivity contribution in [2.75, 3.05) is 0 Å². The van der Waals surface area contributed by atoms with E-state index in [9.17, 15) is 10.0 Å². The second-order valence-electron chi connectivity index (χ2n) is 7.99. The number of ether oxygens (including phenoxy) is 2. The Labute approximate surface area is 166 Å². The largest absolute Gasteiger partial charge is 0.457 e. The summed E-state index contributed by atoms with van der Waals surface area (Å²) < 4.78 is 11.2. The highest BCUT2D eigenvalue weighted by molar-refractivity contribution is 5.67. The number of benzene rings is 2. The number of hydroxylamine groups is 2. The molecular formula is C23H27NO4. The average molecular weight is 381 g/mol. The monoisotopic (exact) mass is 381 g/mol. The predicted octanol–water partition coefficient (Wildman–Crippen LogP) is 5.59. The molecule has 0 spiro atoms. The van der Waals surface area contributed by atoms with E-state index in [4.69, 9.17) is 9.47 Å². The minimum absolute atomic E-state index is 0.00416. The molecule has 0 unspecified atom stereocenters. The average Bonchev–Trinajstić information content (AvgIpc) is 3.09. The first-order valence-corrected chi connectivity index (χ1v) is 9.51. The zero-order chi connectivity index (χ0) is 20.1. The van der Waals surface area contributed by atoms with E-state index in [-0.39, 0.29) is 12.0 Å². The van der Waals surface area contributed by atoms with E-state index in [1.807, 2.05) is 66.7 Å². The van der Waals surface area contributed by atoms with E-state index < -0.39 is 11.7 Å². The molecule has 0 bridgehead atoms. The van der Waals surface area contributed by atoms with E-state index in [1.165, 1.54) is 0 Å². The first-order valence-electron chi connectivity index (χ1n) is 9.51. The molecule has 1 aliphatic rings. The third kappa shape index (κ3) is 5.36. The number of hydrogen-bond donors (Lipinski definition) is 1. The molecule has 1 amide bonds. The summed E-state index contributed by atoms with van der Waals surface area (Å²) in [6.45, 7) is 5.34. The van der Waals surface area contributed by atoms with Crippen LogP contribution in [0.2, 0.25) is 0 Å². The summed E-state index contributed by atoms with van der Waals surface area (Å²) in [7, 11) is 0. The number of hydrogen-bond acceptors (Lipinski definition) is 4. The summed E-state index contributed by atoms with van der Waals surface area (Å²) in [5.74, 6) is 1.55. The SMILES string of the molecule is CC(C)(C)OC(=O)N(O)[C@@H]1CC=C[C@H]1Cc1cccc(Oc2ccccc2)c1. The van der Waals surface area contributed by atoms with Crippen molar-refractivity contribution < 1.29 is 19.5 Å². The van der Waals surface area contributed by atoms with E-state index in [1.54, 1.807) is 20.8 Å². The Bertz CT molecular complexity index is 826. The van der Waals surface area contributed by atoms with Crippen LogP contribution in [0.15, 0.2) is 66.7 Å². The highest BCUT2D eigenvalue weighted by Crippen LogP contribution is 2.29. The fourth-order valence-electron chi connectivity index (χ4n) is 3.26. The Morgan fingerprint density at radius 2 is 1.82 bits per heavy atom. The molecule has 0 aromatic heterocycles. The Morgan fingerprint density at radius 3 is 2.54 bits per heavy atom. The lowest BCUT2D eigenvalue weighted by Crippen LogP contribution is -2.43. The molecule has 1 aliphatic carbocycles. The molecule has 0 radical (unpaired) electrons. The van der Waals surface area contributed by atoms with Gasteiger partial charge < -0.3 is 9.47 Å². The van der Waals surface area contributed by atoms with Crippen LogP contribution in [0.4, 0.5) is 4.79 Å². The van der Waals surface area contributed by atoms with E-state index >= 15 is 0 Å². The van der Waals surface area contributed by atoms with Gasteiger partial charge in [0.25, 0.3) is 0 Å².